The third kappa shape index (κ3) is 3.58. The Morgan fingerprint density at radius 2 is 1.56 bits per heavy atom. The minimum atomic E-state index is -1.87. The standard InChI is InChI=1S/C29H31GeNS/c1-17(2)25-15-21(14-20-12-18(3)19(4)13-26(20)25)28-29-24(10-11-31-28)23-9-8-22(30(5,6)7)16-27(23)32-29/h8-17H,1-7H3. The molecule has 0 unspecified atom stereocenters. The number of aryl methyl sites for hydroxylation is 2. The molecule has 3 heteroatoms. The number of aromatic nitrogens is 1. The van der Waals surface area contributed by atoms with Crippen LogP contribution in [-0.2, 0) is 0 Å². The number of fused-ring (bicyclic) bond motifs is 4. The van der Waals surface area contributed by atoms with E-state index in [-0.39, 0.29) is 0 Å². The van der Waals surface area contributed by atoms with E-state index in [1.807, 2.05) is 17.5 Å². The van der Waals surface area contributed by atoms with Crippen LogP contribution < -0.4 is 4.40 Å². The molecule has 0 N–H and O–H groups in total. The predicted octanol–water partition coefficient (Wildman–Crippen LogP) is 8.56. The van der Waals surface area contributed by atoms with E-state index < -0.39 is 13.3 Å². The summed E-state index contributed by atoms with van der Waals surface area (Å²) >= 11 is 0.0374. The van der Waals surface area contributed by atoms with Crippen molar-refractivity contribution in [3.05, 3.63) is 71.4 Å². The summed E-state index contributed by atoms with van der Waals surface area (Å²) in [5.41, 5.74) is 6.46. The summed E-state index contributed by atoms with van der Waals surface area (Å²) in [6, 6.07) is 18.8. The smallest absolute Gasteiger partial charge is 0.0395 e. The molecule has 0 atom stereocenters. The molecule has 0 saturated heterocycles. The van der Waals surface area contributed by atoms with Gasteiger partial charge in [0.15, 0.2) is 0 Å². The topological polar surface area (TPSA) is 12.9 Å². The molecule has 2 heterocycles. The summed E-state index contributed by atoms with van der Waals surface area (Å²) in [6.45, 7) is 9.00. The second-order valence-electron chi connectivity index (χ2n) is 10.5. The molecule has 162 valence electrons. The number of thiophene rings is 1. The summed E-state index contributed by atoms with van der Waals surface area (Å²) in [6.07, 6.45) is 1.99. The van der Waals surface area contributed by atoms with Crippen LogP contribution in [0.5, 0.6) is 0 Å². The summed E-state index contributed by atoms with van der Waals surface area (Å²) in [5.74, 6) is 7.86. The van der Waals surface area contributed by atoms with Crippen molar-refractivity contribution >= 4 is 59.9 Å². The van der Waals surface area contributed by atoms with Crippen molar-refractivity contribution in [3.63, 3.8) is 0 Å². The van der Waals surface area contributed by atoms with Gasteiger partial charge >= 0.3 is 192 Å². The first-order valence-corrected chi connectivity index (χ1v) is 19.7. The van der Waals surface area contributed by atoms with Gasteiger partial charge in [0, 0.05) is 0 Å². The molecule has 0 aliphatic heterocycles. The van der Waals surface area contributed by atoms with E-state index in [9.17, 15) is 0 Å². The van der Waals surface area contributed by atoms with Crippen LogP contribution in [0.4, 0.5) is 0 Å². The van der Waals surface area contributed by atoms with E-state index in [1.54, 1.807) is 4.40 Å². The van der Waals surface area contributed by atoms with Crippen LogP contribution in [-0.4, -0.2) is 18.3 Å². The number of hydrogen-bond donors (Lipinski definition) is 0. The SMILES string of the molecule is Cc1cc2cc(-c3nccc4c3sc3c[c]([Ge]([CH3])([CH3])[CH3])ccc34)cc(C(C)C)c2cc1C. The second-order valence-corrected chi connectivity index (χ2v) is 22.2. The van der Waals surface area contributed by atoms with Crippen molar-refractivity contribution in [2.75, 3.05) is 0 Å². The Kier molecular flexibility index (Phi) is 5.22. The van der Waals surface area contributed by atoms with Gasteiger partial charge in [-0.25, -0.2) is 0 Å². The van der Waals surface area contributed by atoms with Crippen LogP contribution in [0, 0.1) is 13.8 Å². The van der Waals surface area contributed by atoms with Gasteiger partial charge in [-0.05, 0) is 6.92 Å². The molecule has 3 aromatic carbocycles. The minimum absolute atomic E-state index is 0.460. The normalized spacial score (nSPS) is 12.5. The molecule has 0 aliphatic carbocycles. The van der Waals surface area contributed by atoms with Gasteiger partial charge < -0.3 is 0 Å². The third-order valence-corrected chi connectivity index (χ3v) is 12.2. The van der Waals surface area contributed by atoms with Gasteiger partial charge in [-0.3, -0.25) is 0 Å². The fourth-order valence-corrected chi connectivity index (χ4v) is 8.56. The summed E-state index contributed by atoms with van der Waals surface area (Å²) in [5, 5.41) is 5.38. The van der Waals surface area contributed by atoms with E-state index in [4.69, 9.17) is 4.98 Å². The number of hydrogen-bond acceptors (Lipinski definition) is 2. The summed E-state index contributed by atoms with van der Waals surface area (Å²) in [7, 11) is 0. The van der Waals surface area contributed by atoms with Crippen LogP contribution in [0.15, 0.2) is 54.7 Å². The molecule has 5 rings (SSSR count). The minimum Gasteiger partial charge on any atom is -0.0395 e. The Labute approximate surface area is 197 Å². The Hall–Kier alpha value is -2.17. The monoisotopic (exact) mass is 499 g/mol. The van der Waals surface area contributed by atoms with Crippen molar-refractivity contribution in [2.45, 2.75) is 50.9 Å². The van der Waals surface area contributed by atoms with Crippen LogP contribution in [0.25, 0.3) is 42.2 Å². The fraction of sp³-hybridized carbons (Fsp3) is 0.276. The van der Waals surface area contributed by atoms with Crippen LogP contribution >= 0.6 is 11.3 Å². The van der Waals surface area contributed by atoms with E-state index in [2.05, 4.69) is 93.5 Å². The fourth-order valence-electron chi connectivity index (χ4n) is 4.65. The molecule has 1 nitrogen and oxygen atoms in total. The van der Waals surface area contributed by atoms with Crippen LogP contribution in [0.2, 0.25) is 17.3 Å². The van der Waals surface area contributed by atoms with E-state index in [1.165, 1.54) is 53.2 Å². The van der Waals surface area contributed by atoms with Crippen LogP contribution in [0.3, 0.4) is 0 Å². The summed E-state index contributed by atoms with van der Waals surface area (Å²) in [4.78, 5) is 4.91. The van der Waals surface area contributed by atoms with Gasteiger partial charge in [0.25, 0.3) is 0 Å². The first-order valence-electron chi connectivity index (χ1n) is 11.5. The molecular weight excluding hydrogens is 467 g/mol. The predicted molar refractivity (Wildman–Crippen MR) is 147 cm³/mol. The van der Waals surface area contributed by atoms with Crippen molar-refractivity contribution in [3.8, 4) is 11.3 Å². The number of pyridine rings is 1. The maximum atomic E-state index is 4.91. The molecular formula is C29H31GeNS. The van der Waals surface area contributed by atoms with Crippen molar-refractivity contribution in [1.82, 2.24) is 4.98 Å². The molecule has 0 spiro atoms. The molecule has 0 fully saturated rings. The molecule has 0 amide bonds. The van der Waals surface area contributed by atoms with E-state index in [0.29, 0.717) is 5.92 Å². The Morgan fingerprint density at radius 3 is 2.28 bits per heavy atom. The van der Waals surface area contributed by atoms with Gasteiger partial charge in [-0.1, -0.05) is 0 Å². The second kappa shape index (κ2) is 7.71. The van der Waals surface area contributed by atoms with Crippen molar-refractivity contribution in [1.29, 1.82) is 0 Å². The zero-order valence-corrected chi connectivity index (χ0v) is 23.0. The third-order valence-electron chi connectivity index (χ3n) is 6.75. The summed E-state index contributed by atoms with van der Waals surface area (Å²) < 4.78 is 4.26. The molecule has 0 saturated carbocycles. The van der Waals surface area contributed by atoms with E-state index in [0.717, 1.165) is 5.69 Å². The molecule has 0 aliphatic rings. The van der Waals surface area contributed by atoms with Gasteiger partial charge in [-0.2, -0.15) is 0 Å². The van der Waals surface area contributed by atoms with Crippen molar-refractivity contribution in [2.24, 2.45) is 0 Å². The Morgan fingerprint density at radius 1 is 0.812 bits per heavy atom. The van der Waals surface area contributed by atoms with Gasteiger partial charge in [0.1, 0.15) is 0 Å². The Bertz CT molecular complexity index is 1500. The first kappa shape index (κ1) is 21.7. The molecule has 32 heavy (non-hydrogen) atoms. The number of rotatable bonds is 3. The van der Waals surface area contributed by atoms with Crippen LogP contribution in [0.1, 0.15) is 36.5 Å². The first-order chi connectivity index (χ1) is 15.1. The zero-order valence-electron chi connectivity index (χ0n) is 20.1. The van der Waals surface area contributed by atoms with Gasteiger partial charge in [0.05, 0.1) is 0 Å². The average molecular weight is 498 g/mol. The quantitative estimate of drug-likeness (QED) is 0.227. The van der Waals surface area contributed by atoms with Crippen molar-refractivity contribution < 1.29 is 0 Å². The number of nitrogens with zero attached hydrogens (tertiary/aromatic N) is 1. The molecule has 2 aromatic heterocycles. The molecule has 0 radical (unpaired) electrons. The Balaban J connectivity index is 1.80. The average Bonchev–Trinajstić information content (AvgIpc) is 3.11. The molecule has 0 bridgehead atoms. The van der Waals surface area contributed by atoms with Gasteiger partial charge in [-0.15, -0.1) is 0 Å². The maximum absolute atomic E-state index is 4.91. The number of benzene rings is 3. The van der Waals surface area contributed by atoms with Gasteiger partial charge in [0.2, 0.25) is 0 Å². The molecule has 5 aromatic rings. The van der Waals surface area contributed by atoms with E-state index >= 15 is 0 Å². The zero-order chi connectivity index (χ0) is 22.8.